The van der Waals surface area contributed by atoms with Gasteiger partial charge in [0, 0.05) is 19.2 Å². The second kappa shape index (κ2) is 5.88. The number of hydrogen-bond acceptors (Lipinski definition) is 9. The number of alkyl halides is 3. The Kier molecular flexibility index (Phi) is 4.38. The first-order valence-corrected chi connectivity index (χ1v) is 6.37. The summed E-state index contributed by atoms with van der Waals surface area (Å²) in [6.45, 7) is 0. The van der Waals surface area contributed by atoms with E-state index >= 15 is 0 Å². The van der Waals surface area contributed by atoms with Crippen LogP contribution in [0, 0.1) is 20.2 Å². The number of aliphatic hydroxyl groups is 1. The monoisotopic (exact) mass is 367 g/mol. The van der Waals surface area contributed by atoms with E-state index in [0.29, 0.717) is 0 Å². The molecule has 0 spiro atoms. The van der Waals surface area contributed by atoms with Crippen molar-refractivity contribution in [2.45, 2.75) is 12.5 Å². The van der Waals surface area contributed by atoms with Crippen LogP contribution in [0.2, 0.25) is 0 Å². The number of amidine groups is 1. The summed E-state index contributed by atoms with van der Waals surface area (Å²) in [5, 5.41) is 32.8. The highest BCUT2D eigenvalue weighted by Crippen LogP contribution is 2.39. The van der Waals surface area contributed by atoms with Gasteiger partial charge in [0.1, 0.15) is 0 Å². The van der Waals surface area contributed by atoms with Crippen molar-refractivity contribution in [2.75, 3.05) is 7.05 Å². The molecule has 0 saturated heterocycles. The first kappa shape index (κ1) is 17.9. The number of rotatable bonds is 3. The van der Waals surface area contributed by atoms with Crippen molar-refractivity contribution < 1.29 is 28.1 Å². The van der Waals surface area contributed by atoms with Crippen LogP contribution in [0.1, 0.15) is 11.1 Å². The van der Waals surface area contributed by atoms with Crippen molar-refractivity contribution in [3.8, 4) is 0 Å². The zero-order valence-corrected chi connectivity index (χ0v) is 12.5. The number of nitrogens with zero attached hydrogens (tertiary/aromatic N) is 5. The van der Waals surface area contributed by atoms with Gasteiger partial charge in [0.05, 0.1) is 15.4 Å². The fraction of sp³-hybridized carbons (Fsp3) is 0.300. The number of aliphatic imine (C=N–C) groups is 1. The second-order valence-corrected chi connectivity index (χ2v) is 4.95. The number of thiol groups is 1. The number of halogens is 3. The van der Waals surface area contributed by atoms with Gasteiger partial charge in [0.2, 0.25) is 6.35 Å². The standard InChI is InChI=1S/C10H8F3N5O5S/c1-15-8(14-9(19)16(15)24)7-5(17(20)21)2-4(10(11,12)13)3-6(7)18(22)23/h2-3,9,19,24H,1H3. The summed E-state index contributed by atoms with van der Waals surface area (Å²) >= 11 is 3.80. The van der Waals surface area contributed by atoms with Gasteiger partial charge in [-0.25, -0.2) is 4.99 Å². The normalized spacial score (nSPS) is 18.7. The number of nitro groups is 2. The molecule has 0 bridgehead atoms. The molecule has 0 aromatic heterocycles. The first-order chi connectivity index (χ1) is 10.9. The maximum atomic E-state index is 12.8. The first-order valence-electron chi connectivity index (χ1n) is 5.97. The fourth-order valence-electron chi connectivity index (χ4n) is 2.02. The highest BCUT2D eigenvalue weighted by atomic mass is 32.1. The lowest BCUT2D eigenvalue weighted by Crippen LogP contribution is -2.36. The summed E-state index contributed by atoms with van der Waals surface area (Å²) in [7, 11) is 1.22. The molecule has 1 aliphatic heterocycles. The Labute approximate surface area is 136 Å². The summed E-state index contributed by atoms with van der Waals surface area (Å²) in [5.74, 6) is -0.468. The lowest BCUT2D eigenvalue weighted by atomic mass is 10.0. The van der Waals surface area contributed by atoms with Crippen LogP contribution in [0.3, 0.4) is 0 Å². The summed E-state index contributed by atoms with van der Waals surface area (Å²) in [4.78, 5) is 23.5. The minimum Gasteiger partial charge on any atom is -0.358 e. The van der Waals surface area contributed by atoms with Gasteiger partial charge in [0.25, 0.3) is 11.4 Å². The van der Waals surface area contributed by atoms with E-state index in [1.165, 1.54) is 7.05 Å². The molecule has 1 aromatic carbocycles. The molecule has 1 unspecified atom stereocenters. The molecule has 24 heavy (non-hydrogen) atoms. The van der Waals surface area contributed by atoms with Gasteiger partial charge in [-0.3, -0.25) is 25.2 Å². The molecule has 0 radical (unpaired) electrons. The zero-order chi connectivity index (χ0) is 18.4. The van der Waals surface area contributed by atoms with Crippen LogP contribution in [0.4, 0.5) is 24.5 Å². The van der Waals surface area contributed by atoms with E-state index in [-0.39, 0.29) is 12.1 Å². The van der Waals surface area contributed by atoms with Crippen LogP contribution < -0.4 is 0 Å². The fourth-order valence-corrected chi connectivity index (χ4v) is 2.15. The molecule has 0 saturated carbocycles. The molecule has 2 rings (SSSR count). The van der Waals surface area contributed by atoms with Gasteiger partial charge in [-0.2, -0.15) is 13.2 Å². The number of aliphatic hydroxyl groups excluding tert-OH is 1. The Hall–Kier alpha value is -2.45. The van der Waals surface area contributed by atoms with E-state index in [9.17, 15) is 38.5 Å². The molecule has 0 fully saturated rings. The van der Waals surface area contributed by atoms with Crippen LogP contribution in [0.15, 0.2) is 17.1 Å². The predicted molar refractivity (Wildman–Crippen MR) is 75.9 cm³/mol. The summed E-state index contributed by atoms with van der Waals surface area (Å²) in [6.07, 6.45) is -6.64. The average molecular weight is 367 g/mol. The van der Waals surface area contributed by atoms with E-state index in [1.54, 1.807) is 0 Å². The van der Waals surface area contributed by atoms with E-state index in [0.717, 1.165) is 9.42 Å². The predicted octanol–water partition coefficient (Wildman–Crippen LogP) is 1.55. The third-order valence-corrected chi connectivity index (χ3v) is 3.57. The topological polar surface area (TPSA) is 125 Å². The van der Waals surface area contributed by atoms with Gasteiger partial charge < -0.3 is 5.11 Å². The molecule has 1 aliphatic rings. The van der Waals surface area contributed by atoms with Crippen molar-refractivity contribution in [3.63, 3.8) is 0 Å². The number of benzene rings is 1. The van der Waals surface area contributed by atoms with Crippen molar-refractivity contribution in [1.29, 1.82) is 0 Å². The summed E-state index contributed by atoms with van der Waals surface area (Å²) in [6, 6.07) is 0.346. The lowest BCUT2D eigenvalue weighted by Gasteiger charge is -2.22. The number of hydrogen-bond donors (Lipinski definition) is 2. The van der Waals surface area contributed by atoms with E-state index < -0.39 is 50.7 Å². The SMILES string of the molecule is CN1C(c2c([N+](=O)[O-])cc(C(F)(F)F)cc2[N+](=O)[O-])=NC(O)N1S. The largest absolute Gasteiger partial charge is 0.416 e. The smallest absolute Gasteiger partial charge is 0.358 e. The van der Waals surface area contributed by atoms with E-state index in [4.69, 9.17) is 0 Å². The maximum Gasteiger partial charge on any atom is 0.416 e. The average Bonchev–Trinajstić information content (AvgIpc) is 2.72. The lowest BCUT2D eigenvalue weighted by molar-refractivity contribution is -0.394. The molecule has 1 N–H and O–H groups in total. The quantitative estimate of drug-likeness (QED) is 0.472. The Balaban J connectivity index is 2.82. The maximum absolute atomic E-state index is 12.8. The summed E-state index contributed by atoms with van der Waals surface area (Å²) in [5.41, 5.74) is -4.65. The molecule has 0 amide bonds. The van der Waals surface area contributed by atoms with Gasteiger partial charge in [-0.15, -0.1) is 4.41 Å². The molecular formula is C10H8F3N5O5S. The molecule has 1 atom stereocenters. The van der Waals surface area contributed by atoms with Crippen LogP contribution in [-0.4, -0.2) is 43.6 Å². The minimum absolute atomic E-state index is 0.173. The number of nitro benzene ring substituents is 2. The van der Waals surface area contributed by atoms with Gasteiger partial charge in [-0.05, 0) is 0 Å². The van der Waals surface area contributed by atoms with Crippen LogP contribution >= 0.6 is 12.8 Å². The molecule has 10 nitrogen and oxygen atoms in total. The van der Waals surface area contributed by atoms with Crippen LogP contribution in [0.5, 0.6) is 0 Å². The van der Waals surface area contributed by atoms with Crippen LogP contribution in [-0.2, 0) is 6.18 Å². The Morgan fingerprint density at radius 3 is 2.00 bits per heavy atom. The zero-order valence-electron chi connectivity index (χ0n) is 11.6. The van der Waals surface area contributed by atoms with Gasteiger partial charge >= 0.3 is 6.18 Å². The highest BCUT2D eigenvalue weighted by molar-refractivity contribution is 7.77. The Bertz CT molecular complexity index is 720. The molecule has 1 aromatic rings. The van der Waals surface area contributed by atoms with Crippen molar-refractivity contribution >= 4 is 30.0 Å². The second-order valence-electron chi connectivity index (χ2n) is 4.54. The van der Waals surface area contributed by atoms with Gasteiger partial charge in [-0.1, -0.05) is 12.8 Å². The van der Waals surface area contributed by atoms with Crippen molar-refractivity contribution in [2.24, 2.45) is 4.99 Å². The van der Waals surface area contributed by atoms with Gasteiger partial charge in [0.15, 0.2) is 11.4 Å². The van der Waals surface area contributed by atoms with Crippen molar-refractivity contribution in [3.05, 3.63) is 43.5 Å². The molecular weight excluding hydrogens is 359 g/mol. The van der Waals surface area contributed by atoms with E-state index in [1.807, 2.05) is 0 Å². The molecule has 130 valence electrons. The molecule has 0 aliphatic carbocycles. The highest BCUT2D eigenvalue weighted by Gasteiger charge is 2.42. The van der Waals surface area contributed by atoms with E-state index in [2.05, 4.69) is 17.8 Å². The third-order valence-electron chi connectivity index (χ3n) is 3.10. The molecule has 1 heterocycles. The Morgan fingerprint density at radius 1 is 1.25 bits per heavy atom. The van der Waals surface area contributed by atoms with Crippen LogP contribution in [0.25, 0.3) is 0 Å². The third kappa shape index (κ3) is 2.98. The minimum atomic E-state index is -5.02. The van der Waals surface area contributed by atoms with Crippen molar-refractivity contribution in [1.82, 2.24) is 9.42 Å². The molecule has 14 heteroatoms. The number of hydrazine groups is 1. The summed E-state index contributed by atoms with van der Waals surface area (Å²) < 4.78 is 39.3. The Morgan fingerprint density at radius 2 is 1.71 bits per heavy atom.